The second kappa shape index (κ2) is 4.00. The number of carbonyl (C=O) groups excluding carboxylic acids is 1. The van der Waals surface area contributed by atoms with Crippen LogP contribution in [0.25, 0.3) is 0 Å². The number of ketones is 1. The normalized spacial score (nSPS) is 29.3. The Morgan fingerprint density at radius 1 is 1.60 bits per heavy atom. The Morgan fingerprint density at radius 3 is 2.93 bits per heavy atom. The highest BCUT2D eigenvalue weighted by molar-refractivity contribution is 8.03. The average molecular weight is 224 g/mol. The van der Waals surface area contributed by atoms with Crippen LogP contribution in [-0.4, -0.2) is 35.9 Å². The van der Waals surface area contributed by atoms with Crippen molar-refractivity contribution in [1.82, 2.24) is 4.90 Å². The predicted molar refractivity (Wildman–Crippen MR) is 64.0 cm³/mol. The fourth-order valence-corrected chi connectivity index (χ4v) is 3.41. The van der Waals surface area contributed by atoms with Crippen LogP contribution in [0.1, 0.15) is 19.8 Å². The molecule has 2 aliphatic rings. The zero-order valence-corrected chi connectivity index (χ0v) is 10.2. The van der Waals surface area contributed by atoms with E-state index in [1.807, 2.05) is 0 Å². The van der Waals surface area contributed by atoms with E-state index in [-0.39, 0.29) is 11.2 Å². The zero-order valence-electron chi connectivity index (χ0n) is 9.36. The summed E-state index contributed by atoms with van der Waals surface area (Å²) in [5, 5.41) is 2.43. The van der Waals surface area contributed by atoms with Gasteiger partial charge < -0.3 is 4.90 Å². The van der Waals surface area contributed by atoms with E-state index < -0.39 is 0 Å². The van der Waals surface area contributed by atoms with Crippen LogP contribution >= 0.6 is 11.8 Å². The number of thioether (sulfide) groups is 1. The molecule has 0 N–H and O–H groups in total. The van der Waals surface area contributed by atoms with E-state index in [0.717, 1.165) is 18.6 Å². The fourth-order valence-electron chi connectivity index (χ4n) is 2.09. The Morgan fingerprint density at radius 2 is 2.33 bits per heavy atom. The smallest absolute Gasteiger partial charge is 0.173 e. The van der Waals surface area contributed by atoms with E-state index in [9.17, 15) is 4.79 Å². The maximum Gasteiger partial charge on any atom is 0.173 e. The van der Waals surface area contributed by atoms with Crippen LogP contribution in [0, 0.1) is 5.92 Å². The summed E-state index contributed by atoms with van der Waals surface area (Å²) in [6.45, 7) is 1.61. The monoisotopic (exact) mass is 224 g/mol. The first kappa shape index (κ1) is 10.7. The van der Waals surface area contributed by atoms with E-state index in [0.29, 0.717) is 5.92 Å². The first-order chi connectivity index (χ1) is 7.09. The average Bonchev–Trinajstić information content (AvgIpc) is 2.59. The molecule has 0 fully saturated rings. The SMILES string of the molecule is CC(=O)C1=NC2SC=C(N(C)C)C2CC1. The molecule has 2 unspecified atom stereocenters. The summed E-state index contributed by atoms with van der Waals surface area (Å²) in [5.74, 6) is 0.639. The minimum absolute atomic E-state index is 0.132. The Kier molecular flexibility index (Phi) is 2.87. The van der Waals surface area contributed by atoms with Crippen molar-refractivity contribution < 1.29 is 4.79 Å². The Balaban J connectivity index is 2.16. The van der Waals surface area contributed by atoms with Gasteiger partial charge in [0.2, 0.25) is 0 Å². The first-order valence-electron chi connectivity index (χ1n) is 5.20. The summed E-state index contributed by atoms with van der Waals surface area (Å²) in [7, 11) is 4.14. The van der Waals surface area contributed by atoms with Gasteiger partial charge in [-0.2, -0.15) is 0 Å². The molecule has 0 radical (unpaired) electrons. The number of hydrogen-bond donors (Lipinski definition) is 0. The summed E-state index contributed by atoms with van der Waals surface area (Å²) in [6.07, 6.45) is 1.89. The Labute approximate surface area is 94.6 Å². The highest BCUT2D eigenvalue weighted by atomic mass is 32.2. The molecule has 2 heterocycles. The predicted octanol–water partition coefficient (Wildman–Crippen LogP) is 1.90. The lowest BCUT2D eigenvalue weighted by molar-refractivity contribution is -0.111. The highest BCUT2D eigenvalue weighted by Gasteiger charge is 2.35. The van der Waals surface area contributed by atoms with Crippen molar-refractivity contribution in [3.05, 3.63) is 11.1 Å². The van der Waals surface area contributed by atoms with Crippen LogP contribution in [0.4, 0.5) is 0 Å². The molecule has 0 saturated heterocycles. The number of Topliss-reactive ketones (excluding diaryl/α,β-unsaturated/α-hetero) is 1. The van der Waals surface area contributed by atoms with Crippen LogP contribution in [0.3, 0.4) is 0 Å². The van der Waals surface area contributed by atoms with Gasteiger partial charge in [-0.3, -0.25) is 9.79 Å². The van der Waals surface area contributed by atoms with E-state index in [4.69, 9.17) is 0 Å². The molecule has 82 valence electrons. The largest absolute Gasteiger partial charge is 0.380 e. The lowest BCUT2D eigenvalue weighted by Gasteiger charge is -2.27. The summed E-state index contributed by atoms with van der Waals surface area (Å²) in [6, 6.07) is 0. The fraction of sp³-hybridized carbons (Fsp3) is 0.636. The van der Waals surface area contributed by atoms with Crippen LogP contribution < -0.4 is 0 Å². The van der Waals surface area contributed by atoms with Gasteiger partial charge in [-0.15, -0.1) is 11.8 Å². The number of carbonyl (C=O) groups is 1. The Hall–Kier alpha value is -0.770. The number of hydrogen-bond acceptors (Lipinski definition) is 4. The van der Waals surface area contributed by atoms with Gasteiger partial charge in [0.1, 0.15) is 5.37 Å². The summed E-state index contributed by atoms with van der Waals surface area (Å²) < 4.78 is 0. The molecule has 2 aliphatic heterocycles. The Bertz CT molecular complexity index is 346. The van der Waals surface area contributed by atoms with Crippen LogP contribution in [0.15, 0.2) is 16.1 Å². The third-order valence-corrected chi connectivity index (χ3v) is 4.04. The molecule has 0 aromatic heterocycles. The highest BCUT2D eigenvalue weighted by Crippen LogP contribution is 2.42. The van der Waals surface area contributed by atoms with Crippen LogP contribution in [0.5, 0.6) is 0 Å². The standard InChI is InChI=1S/C11H16N2OS/c1-7(14)9-5-4-8-10(13(2)3)6-15-11(8)12-9/h6,8,11H,4-5H2,1-3H3. The van der Waals surface area contributed by atoms with Gasteiger partial charge in [0.25, 0.3) is 0 Å². The lowest BCUT2D eigenvalue weighted by atomic mass is 9.93. The second-order valence-corrected chi connectivity index (χ2v) is 5.23. The summed E-state index contributed by atoms with van der Waals surface area (Å²) in [4.78, 5) is 17.9. The molecule has 15 heavy (non-hydrogen) atoms. The van der Waals surface area contributed by atoms with Crippen LogP contribution in [0.2, 0.25) is 0 Å². The minimum atomic E-state index is 0.132. The van der Waals surface area contributed by atoms with Crippen molar-refractivity contribution in [2.75, 3.05) is 14.1 Å². The molecule has 2 rings (SSSR count). The molecule has 0 bridgehead atoms. The molecule has 2 atom stereocenters. The molecule has 4 heteroatoms. The maximum absolute atomic E-state index is 11.2. The van der Waals surface area contributed by atoms with Crippen molar-refractivity contribution in [2.45, 2.75) is 25.1 Å². The zero-order chi connectivity index (χ0) is 11.0. The third kappa shape index (κ3) is 1.95. The minimum Gasteiger partial charge on any atom is -0.380 e. The molecule has 3 nitrogen and oxygen atoms in total. The molecular weight excluding hydrogens is 208 g/mol. The van der Waals surface area contributed by atoms with Gasteiger partial charge >= 0.3 is 0 Å². The number of fused-ring (bicyclic) bond motifs is 1. The van der Waals surface area contributed by atoms with Gasteiger partial charge in [0.15, 0.2) is 5.78 Å². The van der Waals surface area contributed by atoms with Gasteiger partial charge in [0, 0.05) is 32.6 Å². The lowest BCUT2D eigenvalue weighted by Crippen LogP contribution is -2.29. The first-order valence-corrected chi connectivity index (χ1v) is 6.14. The van der Waals surface area contributed by atoms with Crippen LogP contribution in [-0.2, 0) is 4.79 Å². The molecule has 0 amide bonds. The third-order valence-electron chi connectivity index (χ3n) is 2.95. The van der Waals surface area contributed by atoms with Crippen molar-refractivity contribution >= 4 is 23.3 Å². The number of rotatable bonds is 2. The van der Waals surface area contributed by atoms with Gasteiger partial charge in [-0.1, -0.05) is 0 Å². The van der Waals surface area contributed by atoms with Crippen molar-refractivity contribution in [3.8, 4) is 0 Å². The maximum atomic E-state index is 11.2. The summed E-state index contributed by atoms with van der Waals surface area (Å²) >= 11 is 1.74. The van der Waals surface area contributed by atoms with Crippen molar-refractivity contribution in [3.63, 3.8) is 0 Å². The van der Waals surface area contributed by atoms with E-state index >= 15 is 0 Å². The number of aliphatic imine (C=N–C) groups is 1. The molecule has 0 saturated carbocycles. The quantitative estimate of drug-likeness (QED) is 0.718. The summed E-state index contributed by atoms with van der Waals surface area (Å²) in [5.41, 5.74) is 2.13. The molecule has 0 aliphatic carbocycles. The molecule has 0 aromatic rings. The van der Waals surface area contributed by atoms with Gasteiger partial charge in [0.05, 0.1) is 5.71 Å². The molecular formula is C11H16N2OS. The topological polar surface area (TPSA) is 32.7 Å². The van der Waals surface area contributed by atoms with E-state index in [1.165, 1.54) is 5.70 Å². The van der Waals surface area contributed by atoms with E-state index in [1.54, 1.807) is 18.7 Å². The second-order valence-electron chi connectivity index (χ2n) is 4.24. The van der Waals surface area contributed by atoms with Gasteiger partial charge in [-0.25, -0.2) is 0 Å². The van der Waals surface area contributed by atoms with Crippen molar-refractivity contribution in [1.29, 1.82) is 0 Å². The molecule has 0 aromatic carbocycles. The van der Waals surface area contributed by atoms with Crippen molar-refractivity contribution in [2.24, 2.45) is 10.9 Å². The van der Waals surface area contributed by atoms with Gasteiger partial charge in [-0.05, 0) is 18.2 Å². The van der Waals surface area contributed by atoms with E-state index in [2.05, 4.69) is 29.4 Å². The number of nitrogens with zero attached hydrogens (tertiary/aromatic N) is 2. The molecule has 0 spiro atoms.